The molecule has 0 aromatic heterocycles. The van der Waals surface area contributed by atoms with E-state index in [1.165, 1.54) is 13.8 Å². The molecule has 1 spiro atoms. The van der Waals surface area contributed by atoms with Crippen LogP contribution in [0.5, 0.6) is 0 Å². The summed E-state index contributed by atoms with van der Waals surface area (Å²) < 4.78 is 19.2. The molecular weight excluding hydrogens is 592 g/mol. The van der Waals surface area contributed by atoms with Gasteiger partial charge in [-0.25, -0.2) is 0 Å². The van der Waals surface area contributed by atoms with Crippen LogP contribution in [0.3, 0.4) is 0 Å². The minimum absolute atomic E-state index is 0.0108. The fourth-order valence-corrected chi connectivity index (χ4v) is 11.9. The second kappa shape index (κ2) is 11.4. The lowest BCUT2D eigenvalue weighted by molar-refractivity contribution is -0.329. The fourth-order valence-electron chi connectivity index (χ4n) is 11.9. The molecule has 2 aliphatic heterocycles. The zero-order valence-electron chi connectivity index (χ0n) is 28.8. The summed E-state index contributed by atoms with van der Waals surface area (Å²) in [6.45, 7) is 14.7. The van der Waals surface area contributed by atoms with Gasteiger partial charge in [0.2, 0.25) is 0 Å². The van der Waals surface area contributed by atoms with Gasteiger partial charge in [-0.2, -0.15) is 0 Å². The summed E-state index contributed by atoms with van der Waals surface area (Å²) in [5.74, 6) is 1.21. The second-order valence-corrected chi connectivity index (χ2v) is 17.7. The first-order valence-corrected chi connectivity index (χ1v) is 17.7. The van der Waals surface area contributed by atoms with E-state index in [-0.39, 0.29) is 28.3 Å². The summed E-state index contributed by atoms with van der Waals surface area (Å²) in [7, 11) is 0. The van der Waals surface area contributed by atoms with Gasteiger partial charge in [0.05, 0.1) is 36.6 Å². The number of fused-ring (bicyclic) bond motifs is 2. The van der Waals surface area contributed by atoms with Crippen LogP contribution in [-0.2, 0) is 14.2 Å². The maximum Gasteiger partial charge on any atom is 0.186 e. The molecule has 0 aromatic carbocycles. The van der Waals surface area contributed by atoms with Crippen molar-refractivity contribution in [2.45, 2.75) is 154 Å². The molecule has 0 unspecified atom stereocenters. The second-order valence-electron chi connectivity index (χ2n) is 17.7. The minimum Gasteiger partial charge on any atom is -0.394 e. The molecule has 16 atom stereocenters. The highest BCUT2D eigenvalue weighted by Gasteiger charge is 2.75. The SMILES string of the molecule is C[C@H](C[C@@H](O)[C@H](O)C(C)(C)O)[C@H]1CC[C@@]2(C)[C@@H]3C=C[C@@]45OC[C@]3(CC[C@]12C)[C@@H]4CC[C@H](O[C@@H]1O[C@H](CO)[C@@H](O)[C@H](O)[C@H]1O)C5(C)C. The maximum absolute atomic E-state index is 10.9. The predicted molar refractivity (Wildman–Crippen MR) is 169 cm³/mol. The van der Waals surface area contributed by atoms with Gasteiger partial charge in [0, 0.05) is 16.7 Å². The van der Waals surface area contributed by atoms with Crippen LogP contribution in [0.4, 0.5) is 0 Å². The third-order valence-corrected chi connectivity index (χ3v) is 14.9. The van der Waals surface area contributed by atoms with Crippen LogP contribution in [0.15, 0.2) is 12.2 Å². The zero-order chi connectivity index (χ0) is 33.8. The predicted octanol–water partition coefficient (Wildman–Crippen LogP) is 2.28. The number of allylic oxidation sites excluding steroid dienone is 1. The third-order valence-electron chi connectivity index (χ3n) is 14.9. The molecule has 10 nitrogen and oxygen atoms in total. The molecule has 4 aliphatic carbocycles. The van der Waals surface area contributed by atoms with Crippen molar-refractivity contribution >= 4 is 0 Å². The first-order chi connectivity index (χ1) is 21.3. The first kappa shape index (κ1) is 35.2. The van der Waals surface area contributed by atoms with Gasteiger partial charge in [-0.3, -0.25) is 0 Å². The molecule has 264 valence electrons. The molecule has 5 fully saturated rings. The van der Waals surface area contributed by atoms with Crippen molar-refractivity contribution in [3.8, 4) is 0 Å². The minimum atomic E-state index is -1.49. The van der Waals surface area contributed by atoms with E-state index in [1.54, 1.807) is 0 Å². The van der Waals surface area contributed by atoms with Crippen molar-refractivity contribution in [2.24, 2.45) is 45.3 Å². The highest BCUT2D eigenvalue weighted by atomic mass is 16.7. The van der Waals surface area contributed by atoms with Gasteiger partial charge in [-0.05, 0) is 87.4 Å². The molecule has 6 aliphatic rings. The molecule has 2 saturated heterocycles. The van der Waals surface area contributed by atoms with Crippen LogP contribution in [0.25, 0.3) is 0 Å². The van der Waals surface area contributed by atoms with Gasteiger partial charge in [0.25, 0.3) is 0 Å². The quantitative estimate of drug-likeness (QED) is 0.193. The van der Waals surface area contributed by atoms with Crippen LogP contribution in [-0.4, -0.2) is 109 Å². The summed E-state index contributed by atoms with van der Waals surface area (Å²) in [6, 6.07) is 0. The lowest BCUT2D eigenvalue weighted by Gasteiger charge is -2.65. The summed E-state index contributed by atoms with van der Waals surface area (Å²) in [5.41, 5.74) is -2.34. The van der Waals surface area contributed by atoms with Gasteiger partial charge in [-0.1, -0.05) is 46.8 Å². The van der Waals surface area contributed by atoms with Crippen molar-refractivity contribution in [3.05, 3.63) is 12.2 Å². The Bertz CT molecular complexity index is 1170. The largest absolute Gasteiger partial charge is 0.394 e. The van der Waals surface area contributed by atoms with E-state index >= 15 is 0 Å². The Morgan fingerprint density at radius 2 is 1.63 bits per heavy atom. The number of aliphatic hydroxyl groups excluding tert-OH is 6. The molecule has 46 heavy (non-hydrogen) atoms. The van der Waals surface area contributed by atoms with Gasteiger partial charge >= 0.3 is 0 Å². The highest BCUT2D eigenvalue weighted by molar-refractivity contribution is 5.33. The lowest BCUT2D eigenvalue weighted by atomic mass is 9.38. The van der Waals surface area contributed by atoms with E-state index in [9.17, 15) is 35.7 Å². The summed E-state index contributed by atoms with van der Waals surface area (Å²) in [4.78, 5) is 0. The number of aliphatic hydroxyl groups is 7. The highest BCUT2D eigenvalue weighted by Crippen LogP contribution is 2.77. The van der Waals surface area contributed by atoms with E-state index in [1.807, 2.05) is 0 Å². The molecule has 7 N–H and O–H groups in total. The summed E-state index contributed by atoms with van der Waals surface area (Å²) in [5, 5.41) is 72.8. The molecule has 0 radical (unpaired) electrons. The van der Waals surface area contributed by atoms with E-state index in [0.717, 1.165) is 38.5 Å². The molecule has 10 heteroatoms. The number of ether oxygens (including phenoxy) is 3. The van der Waals surface area contributed by atoms with E-state index < -0.39 is 66.1 Å². The standard InChI is InChI=1S/C36H60O10/c1-19(16-21(38)29(42)32(4,5)43)20-10-12-34(7)23-11-13-36-24(35(23,18-44-36)15-14-33(20,34)6)8-9-25(31(36,2)3)46-30-28(41)27(40)26(39)22(17-37)45-30/h11,13,19-30,37-43H,8-10,12,14-18H2,1-7H3/t19-,20-,21-,22-,23+,24+,25+,26-,27+,28-,29+,30+,33-,34+,35+,36-/m1/s1. The Morgan fingerprint density at radius 1 is 0.935 bits per heavy atom. The van der Waals surface area contributed by atoms with Crippen molar-refractivity contribution in [2.75, 3.05) is 13.2 Å². The van der Waals surface area contributed by atoms with Crippen molar-refractivity contribution in [3.63, 3.8) is 0 Å². The molecular formula is C36H60O10. The fraction of sp³-hybridized carbons (Fsp3) is 0.944. The average Bonchev–Trinajstić information content (AvgIpc) is 3.38. The number of hydrogen-bond acceptors (Lipinski definition) is 10. The van der Waals surface area contributed by atoms with E-state index in [2.05, 4.69) is 46.8 Å². The van der Waals surface area contributed by atoms with Crippen LogP contribution < -0.4 is 0 Å². The molecule has 6 rings (SSSR count). The van der Waals surface area contributed by atoms with Gasteiger partial charge in [-0.15, -0.1) is 0 Å². The van der Waals surface area contributed by atoms with Crippen LogP contribution >= 0.6 is 0 Å². The first-order valence-electron chi connectivity index (χ1n) is 17.7. The van der Waals surface area contributed by atoms with E-state index in [0.29, 0.717) is 30.8 Å². The zero-order valence-corrected chi connectivity index (χ0v) is 28.8. The monoisotopic (exact) mass is 652 g/mol. The van der Waals surface area contributed by atoms with Gasteiger partial charge in [0.15, 0.2) is 6.29 Å². The molecule has 3 saturated carbocycles. The van der Waals surface area contributed by atoms with Crippen LogP contribution in [0, 0.1) is 45.3 Å². The Morgan fingerprint density at radius 3 is 2.28 bits per heavy atom. The Hall–Kier alpha value is -0.660. The van der Waals surface area contributed by atoms with Crippen molar-refractivity contribution < 1.29 is 50.0 Å². The third kappa shape index (κ3) is 4.72. The smallest absolute Gasteiger partial charge is 0.186 e. The normalized spacial score (nSPS) is 51.6. The average molecular weight is 653 g/mol. The maximum atomic E-state index is 10.9. The van der Waals surface area contributed by atoms with Crippen molar-refractivity contribution in [1.29, 1.82) is 0 Å². The Labute approximate surface area is 274 Å². The number of hydrogen-bond donors (Lipinski definition) is 7. The molecule has 2 heterocycles. The summed E-state index contributed by atoms with van der Waals surface area (Å²) in [6.07, 6.45) is 1.99. The van der Waals surface area contributed by atoms with Crippen molar-refractivity contribution in [1.82, 2.24) is 0 Å². The Kier molecular flexibility index (Phi) is 8.74. The van der Waals surface area contributed by atoms with Crippen LogP contribution in [0.1, 0.15) is 93.4 Å². The Balaban J connectivity index is 1.24. The lowest BCUT2D eigenvalue weighted by Crippen LogP contribution is -2.66. The molecule has 0 aromatic rings. The van der Waals surface area contributed by atoms with Gasteiger partial charge < -0.3 is 50.0 Å². The molecule has 2 bridgehead atoms. The molecule has 0 amide bonds. The number of rotatable bonds is 8. The van der Waals surface area contributed by atoms with Gasteiger partial charge in [0.1, 0.15) is 30.5 Å². The van der Waals surface area contributed by atoms with E-state index in [4.69, 9.17) is 14.2 Å². The van der Waals surface area contributed by atoms with Crippen LogP contribution in [0.2, 0.25) is 0 Å². The summed E-state index contributed by atoms with van der Waals surface area (Å²) >= 11 is 0. The topological polar surface area (TPSA) is 169 Å².